The summed E-state index contributed by atoms with van der Waals surface area (Å²) >= 11 is 0. The SMILES string of the molecule is C=CC(=O)N1CC[C@@H](F)[C@@H](Nc2nc(NC(C=NC3CC3)=CN)nc3[nH]cc(C#N)c23)C1. The van der Waals surface area contributed by atoms with E-state index in [1.165, 1.54) is 23.4 Å². The number of aromatic nitrogens is 3. The van der Waals surface area contributed by atoms with E-state index >= 15 is 0 Å². The molecular formula is C21H24FN9O. The fourth-order valence-corrected chi connectivity index (χ4v) is 3.50. The number of amides is 1. The van der Waals surface area contributed by atoms with Crippen LogP contribution in [0.5, 0.6) is 0 Å². The molecule has 5 N–H and O–H groups in total. The average Bonchev–Trinajstić information content (AvgIpc) is 3.54. The Labute approximate surface area is 184 Å². The fraction of sp³-hybridized carbons (Fsp3) is 0.381. The molecule has 166 valence electrons. The highest BCUT2D eigenvalue weighted by Gasteiger charge is 2.32. The first-order valence-electron chi connectivity index (χ1n) is 10.4. The Balaban J connectivity index is 1.64. The van der Waals surface area contributed by atoms with Gasteiger partial charge in [-0.2, -0.15) is 15.2 Å². The molecule has 2 fully saturated rings. The first-order chi connectivity index (χ1) is 15.5. The predicted molar refractivity (Wildman–Crippen MR) is 120 cm³/mol. The number of likely N-dealkylation sites (tertiary alicyclic amines) is 1. The smallest absolute Gasteiger partial charge is 0.246 e. The van der Waals surface area contributed by atoms with E-state index in [-0.39, 0.29) is 30.6 Å². The van der Waals surface area contributed by atoms with Crippen molar-refractivity contribution in [2.75, 3.05) is 23.7 Å². The Morgan fingerprint density at radius 1 is 1.44 bits per heavy atom. The number of nitrogens with two attached hydrogens (primary N) is 1. The molecule has 2 aliphatic rings. The van der Waals surface area contributed by atoms with E-state index in [9.17, 15) is 14.4 Å². The van der Waals surface area contributed by atoms with Crippen LogP contribution in [0.3, 0.4) is 0 Å². The molecule has 1 saturated heterocycles. The quantitative estimate of drug-likeness (QED) is 0.381. The zero-order chi connectivity index (χ0) is 22.7. The molecule has 0 bridgehead atoms. The highest BCUT2D eigenvalue weighted by molar-refractivity contribution is 5.94. The van der Waals surface area contributed by atoms with Crippen molar-refractivity contribution in [2.45, 2.75) is 37.5 Å². The molecule has 32 heavy (non-hydrogen) atoms. The molecule has 1 aliphatic carbocycles. The summed E-state index contributed by atoms with van der Waals surface area (Å²) in [5, 5.41) is 16.0. The van der Waals surface area contributed by atoms with Gasteiger partial charge in [0, 0.05) is 31.7 Å². The van der Waals surface area contributed by atoms with E-state index in [0.717, 1.165) is 12.8 Å². The van der Waals surface area contributed by atoms with E-state index < -0.39 is 12.2 Å². The molecule has 4 rings (SSSR count). The molecule has 11 heteroatoms. The largest absolute Gasteiger partial charge is 0.403 e. The summed E-state index contributed by atoms with van der Waals surface area (Å²) in [6.45, 7) is 3.96. The number of aliphatic imine (C=N–C) groups is 1. The summed E-state index contributed by atoms with van der Waals surface area (Å²) in [6, 6.07) is 1.71. The number of aromatic amines is 1. The predicted octanol–water partition coefficient (Wildman–Crippen LogP) is 1.81. The van der Waals surface area contributed by atoms with Gasteiger partial charge in [0.2, 0.25) is 11.9 Å². The fourth-order valence-electron chi connectivity index (χ4n) is 3.50. The molecule has 0 unspecified atom stereocenters. The minimum atomic E-state index is -1.19. The zero-order valence-electron chi connectivity index (χ0n) is 17.4. The van der Waals surface area contributed by atoms with Crippen LogP contribution in [0.4, 0.5) is 16.2 Å². The van der Waals surface area contributed by atoms with E-state index in [1.807, 2.05) is 0 Å². The Morgan fingerprint density at radius 2 is 2.25 bits per heavy atom. The number of anilines is 2. The number of nitrogens with one attached hydrogen (secondary N) is 3. The third kappa shape index (κ3) is 4.54. The average molecular weight is 437 g/mol. The van der Waals surface area contributed by atoms with Crippen LogP contribution in [0.1, 0.15) is 24.8 Å². The van der Waals surface area contributed by atoms with Crippen molar-refractivity contribution >= 4 is 34.9 Å². The van der Waals surface area contributed by atoms with Crippen LogP contribution in [-0.2, 0) is 4.79 Å². The van der Waals surface area contributed by atoms with Crippen molar-refractivity contribution in [1.82, 2.24) is 19.9 Å². The van der Waals surface area contributed by atoms with Crippen LogP contribution in [0.25, 0.3) is 11.0 Å². The Kier molecular flexibility index (Phi) is 6.02. The van der Waals surface area contributed by atoms with Crippen LogP contribution < -0.4 is 16.4 Å². The van der Waals surface area contributed by atoms with Crippen LogP contribution in [0.15, 0.2) is 35.7 Å². The Hall–Kier alpha value is -3.94. The van der Waals surface area contributed by atoms with Gasteiger partial charge in [-0.3, -0.25) is 9.79 Å². The number of halogens is 1. The summed E-state index contributed by atoms with van der Waals surface area (Å²) in [5.41, 5.74) is 6.94. The van der Waals surface area contributed by atoms with Gasteiger partial charge < -0.3 is 26.3 Å². The second-order valence-corrected chi connectivity index (χ2v) is 7.73. The Bertz CT molecular complexity index is 1130. The molecule has 2 atom stereocenters. The maximum absolute atomic E-state index is 14.7. The molecule has 0 aromatic carbocycles. The molecule has 3 heterocycles. The standard InChI is InChI=1S/C21H24FN9O/c1-2-17(32)31-6-5-15(22)16(11-31)28-20-18-12(7-23)9-26-19(18)29-21(30-20)27-14(8-24)10-25-13-3-4-13/h2,8-10,13,15-16H,1,3-6,11,24H2,(H3,26,27,28,29,30)/t15-,16+/m1/s1. The summed E-state index contributed by atoms with van der Waals surface area (Å²) in [7, 11) is 0. The number of nitrogens with zero attached hydrogens (tertiary/aromatic N) is 5. The van der Waals surface area contributed by atoms with Crippen LogP contribution in [0.2, 0.25) is 0 Å². The number of carbonyl (C=O) groups is 1. The summed E-state index contributed by atoms with van der Waals surface area (Å²) in [5.74, 6) is 0.229. The van der Waals surface area contributed by atoms with Gasteiger partial charge in [-0.05, 0) is 25.3 Å². The van der Waals surface area contributed by atoms with Crippen molar-refractivity contribution in [1.29, 1.82) is 5.26 Å². The van der Waals surface area contributed by atoms with Gasteiger partial charge in [0.25, 0.3) is 0 Å². The van der Waals surface area contributed by atoms with Gasteiger partial charge in [0.1, 0.15) is 23.7 Å². The molecule has 2 aromatic rings. The van der Waals surface area contributed by atoms with Gasteiger partial charge in [-0.1, -0.05) is 6.58 Å². The van der Waals surface area contributed by atoms with Gasteiger partial charge in [-0.25, -0.2) is 4.39 Å². The molecule has 10 nitrogen and oxygen atoms in total. The number of carbonyl (C=O) groups excluding carboxylic acids is 1. The van der Waals surface area contributed by atoms with Crippen molar-refractivity contribution in [3.8, 4) is 6.07 Å². The van der Waals surface area contributed by atoms with Crippen LogP contribution >= 0.6 is 0 Å². The number of nitriles is 1. The lowest BCUT2D eigenvalue weighted by Crippen LogP contribution is -2.50. The molecule has 2 aromatic heterocycles. The maximum atomic E-state index is 14.7. The number of hydrogen-bond acceptors (Lipinski definition) is 8. The third-order valence-corrected chi connectivity index (χ3v) is 5.40. The summed E-state index contributed by atoms with van der Waals surface area (Å²) in [6.07, 6.45) is 6.83. The van der Waals surface area contributed by atoms with Crippen molar-refractivity contribution in [3.63, 3.8) is 0 Å². The monoisotopic (exact) mass is 437 g/mol. The molecule has 1 saturated carbocycles. The summed E-state index contributed by atoms with van der Waals surface area (Å²) in [4.78, 5) is 29.8. The van der Waals surface area contributed by atoms with Gasteiger partial charge in [0.05, 0.1) is 28.7 Å². The van der Waals surface area contributed by atoms with Gasteiger partial charge in [-0.15, -0.1) is 0 Å². The number of H-pyrrole nitrogens is 1. The normalized spacial score (nSPS) is 21.5. The van der Waals surface area contributed by atoms with E-state index in [1.54, 1.807) is 6.21 Å². The van der Waals surface area contributed by atoms with Crippen LogP contribution in [0, 0.1) is 11.3 Å². The highest BCUT2D eigenvalue weighted by atomic mass is 19.1. The number of rotatable bonds is 7. The van der Waals surface area contributed by atoms with Crippen molar-refractivity contribution in [3.05, 3.63) is 36.3 Å². The van der Waals surface area contributed by atoms with Gasteiger partial charge >= 0.3 is 0 Å². The number of hydrogen-bond donors (Lipinski definition) is 4. The minimum Gasteiger partial charge on any atom is -0.403 e. The van der Waals surface area contributed by atoms with Crippen molar-refractivity contribution in [2.24, 2.45) is 10.7 Å². The second kappa shape index (κ2) is 9.05. The number of piperidine rings is 1. The molecule has 0 radical (unpaired) electrons. The lowest BCUT2D eigenvalue weighted by molar-refractivity contribution is -0.127. The number of allylic oxidation sites excluding steroid dienone is 1. The second-order valence-electron chi connectivity index (χ2n) is 7.73. The number of alkyl halides is 1. The Morgan fingerprint density at radius 3 is 2.94 bits per heavy atom. The minimum absolute atomic E-state index is 0.147. The first kappa shape index (κ1) is 21.3. The maximum Gasteiger partial charge on any atom is 0.246 e. The molecule has 1 amide bonds. The third-order valence-electron chi connectivity index (χ3n) is 5.40. The lowest BCUT2D eigenvalue weighted by Gasteiger charge is -2.35. The molecule has 1 aliphatic heterocycles. The number of fused-ring (bicyclic) bond motifs is 1. The van der Waals surface area contributed by atoms with Gasteiger partial charge in [0.15, 0.2) is 0 Å². The van der Waals surface area contributed by atoms with Crippen molar-refractivity contribution < 1.29 is 9.18 Å². The topological polar surface area (TPSA) is 148 Å². The van der Waals surface area contributed by atoms with E-state index in [4.69, 9.17) is 5.73 Å². The first-order valence-corrected chi connectivity index (χ1v) is 10.4. The molecule has 0 spiro atoms. The van der Waals surface area contributed by atoms with E-state index in [0.29, 0.717) is 34.9 Å². The molecular weight excluding hydrogens is 413 g/mol. The van der Waals surface area contributed by atoms with E-state index in [2.05, 4.69) is 43.2 Å². The zero-order valence-corrected chi connectivity index (χ0v) is 17.4. The lowest BCUT2D eigenvalue weighted by atomic mass is 10.0. The highest BCUT2D eigenvalue weighted by Crippen LogP contribution is 2.28. The van der Waals surface area contributed by atoms with Crippen LogP contribution in [-0.4, -0.2) is 63.3 Å². The summed E-state index contributed by atoms with van der Waals surface area (Å²) < 4.78 is 14.7.